The normalized spacial score (nSPS) is 10.7. The standard InChI is InChI=1S/C15H13N3O2S/c16-15-18-12-6-3-10(7-13(12)21-15)14(20)17-11-4-1-9(8-19)2-5-11/h1-7,19H,8H2,(H2,16,18)(H,17,20). The zero-order valence-electron chi connectivity index (χ0n) is 11.0. The number of aliphatic hydroxyl groups is 1. The third kappa shape index (κ3) is 2.86. The van der Waals surface area contributed by atoms with Crippen molar-refractivity contribution in [3.63, 3.8) is 0 Å². The molecule has 0 atom stereocenters. The molecule has 0 bridgehead atoms. The average Bonchev–Trinajstić information content (AvgIpc) is 2.87. The maximum Gasteiger partial charge on any atom is 0.255 e. The molecule has 1 aromatic heterocycles. The summed E-state index contributed by atoms with van der Waals surface area (Å²) in [6.45, 7) is -0.0162. The molecule has 0 aliphatic rings. The molecule has 21 heavy (non-hydrogen) atoms. The minimum absolute atomic E-state index is 0.0162. The van der Waals surface area contributed by atoms with Crippen LogP contribution in [0.2, 0.25) is 0 Å². The molecular weight excluding hydrogens is 286 g/mol. The van der Waals surface area contributed by atoms with Crippen molar-refractivity contribution in [2.75, 3.05) is 11.1 Å². The molecule has 3 aromatic rings. The molecule has 5 nitrogen and oxygen atoms in total. The number of amides is 1. The number of carbonyl (C=O) groups excluding carboxylic acids is 1. The molecule has 0 spiro atoms. The fraction of sp³-hybridized carbons (Fsp3) is 0.0667. The molecule has 0 radical (unpaired) electrons. The largest absolute Gasteiger partial charge is 0.392 e. The van der Waals surface area contributed by atoms with Crippen molar-refractivity contribution in [2.45, 2.75) is 6.61 Å². The van der Waals surface area contributed by atoms with Crippen molar-refractivity contribution in [1.82, 2.24) is 4.98 Å². The summed E-state index contributed by atoms with van der Waals surface area (Å²) in [5.41, 5.74) is 8.48. The topological polar surface area (TPSA) is 88.2 Å². The Kier molecular flexibility index (Phi) is 3.55. The number of carbonyl (C=O) groups is 1. The van der Waals surface area contributed by atoms with E-state index in [0.717, 1.165) is 15.8 Å². The molecule has 0 aliphatic heterocycles. The summed E-state index contributed by atoms with van der Waals surface area (Å²) >= 11 is 1.35. The molecule has 1 amide bonds. The first-order valence-electron chi connectivity index (χ1n) is 6.33. The Balaban J connectivity index is 1.82. The molecule has 0 fully saturated rings. The second-order valence-corrected chi connectivity index (χ2v) is 5.61. The Morgan fingerprint density at radius 3 is 2.71 bits per heavy atom. The van der Waals surface area contributed by atoms with Gasteiger partial charge in [0.2, 0.25) is 0 Å². The highest BCUT2D eigenvalue weighted by Crippen LogP contribution is 2.25. The number of aromatic nitrogens is 1. The fourth-order valence-corrected chi connectivity index (χ4v) is 2.75. The van der Waals surface area contributed by atoms with Crippen LogP contribution in [0.25, 0.3) is 10.2 Å². The zero-order chi connectivity index (χ0) is 14.8. The lowest BCUT2D eigenvalue weighted by Crippen LogP contribution is -2.11. The summed E-state index contributed by atoms with van der Waals surface area (Å²) in [7, 11) is 0. The van der Waals surface area contributed by atoms with Gasteiger partial charge in [0.1, 0.15) is 0 Å². The number of nitrogens with zero attached hydrogens (tertiary/aromatic N) is 1. The lowest BCUT2D eigenvalue weighted by Gasteiger charge is -2.06. The third-order valence-corrected chi connectivity index (χ3v) is 3.91. The van der Waals surface area contributed by atoms with Gasteiger partial charge in [-0.15, -0.1) is 0 Å². The van der Waals surface area contributed by atoms with Crippen LogP contribution < -0.4 is 11.1 Å². The van der Waals surface area contributed by atoms with Gasteiger partial charge in [-0.2, -0.15) is 0 Å². The van der Waals surface area contributed by atoms with Gasteiger partial charge in [0.05, 0.1) is 16.8 Å². The highest BCUT2D eigenvalue weighted by molar-refractivity contribution is 7.22. The molecule has 0 saturated carbocycles. The van der Waals surface area contributed by atoms with Crippen LogP contribution in [0.1, 0.15) is 15.9 Å². The van der Waals surface area contributed by atoms with E-state index in [4.69, 9.17) is 10.8 Å². The molecule has 2 aromatic carbocycles. The van der Waals surface area contributed by atoms with E-state index < -0.39 is 0 Å². The van der Waals surface area contributed by atoms with E-state index in [1.807, 2.05) is 0 Å². The Labute approximate surface area is 125 Å². The predicted octanol–water partition coefficient (Wildman–Crippen LogP) is 2.62. The maximum atomic E-state index is 12.2. The lowest BCUT2D eigenvalue weighted by molar-refractivity contribution is 0.102. The monoisotopic (exact) mass is 299 g/mol. The second kappa shape index (κ2) is 5.51. The van der Waals surface area contributed by atoms with Crippen molar-refractivity contribution in [3.05, 3.63) is 53.6 Å². The number of thiazole rings is 1. The minimum atomic E-state index is -0.194. The number of rotatable bonds is 3. The first-order chi connectivity index (χ1) is 10.2. The number of nitrogen functional groups attached to an aromatic ring is 1. The van der Waals surface area contributed by atoms with E-state index in [1.165, 1.54) is 11.3 Å². The van der Waals surface area contributed by atoms with Gasteiger partial charge in [-0.3, -0.25) is 4.79 Å². The highest BCUT2D eigenvalue weighted by Gasteiger charge is 2.09. The molecule has 0 unspecified atom stereocenters. The minimum Gasteiger partial charge on any atom is -0.392 e. The van der Waals surface area contributed by atoms with Crippen LogP contribution in [-0.4, -0.2) is 16.0 Å². The van der Waals surface area contributed by atoms with Crippen molar-refractivity contribution < 1.29 is 9.90 Å². The molecule has 6 heteroatoms. The summed E-state index contributed by atoms with van der Waals surface area (Å²) in [6.07, 6.45) is 0. The molecule has 0 saturated heterocycles. The molecule has 0 aliphatic carbocycles. The number of anilines is 2. The van der Waals surface area contributed by atoms with Gasteiger partial charge in [-0.05, 0) is 35.9 Å². The first-order valence-corrected chi connectivity index (χ1v) is 7.14. The molecule has 1 heterocycles. The number of fused-ring (bicyclic) bond motifs is 1. The molecule has 106 valence electrons. The van der Waals surface area contributed by atoms with Gasteiger partial charge in [-0.1, -0.05) is 23.5 Å². The number of hydrogen-bond donors (Lipinski definition) is 3. The SMILES string of the molecule is Nc1nc2ccc(C(=O)Nc3ccc(CO)cc3)cc2s1. The van der Waals surface area contributed by atoms with Crippen LogP contribution in [-0.2, 0) is 6.61 Å². The molecule has 4 N–H and O–H groups in total. The summed E-state index contributed by atoms with van der Waals surface area (Å²) in [5.74, 6) is -0.194. The lowest BCUT2D eigenvalue weighted by atomic mass is 10.2. The van der Waals surface area contributed by atoms with E-state index in [9.17, 15) is 4.79 Å². The van der Waals surface area contributed by atoms with Crippen LogP contribution >= 0.6 is 11.3 Å². The Morgan fingerprint density at radius 2 is 2.00 bits per heavy atom. The van der Waals surface area contributed by atoms with Gasteiger partial charge in [0, 0.05) is 11.3 Å². The van der Waals surface area contributed by atoms with Crippen LogP contribution in [0.5, 0.6) is 0 Å². The quantitative estimate of drug-likeness (QED) is 0.693. The summed E-state index contributed by atoms with van der Waals surface area (Å²) < 4.78 is 0.885. The van der Waals surface area contributed by atoms with Crippen LogP contribution in [0.3, 0.4) is 0 Å². The van der Waals surface area contributed by atoms with E-state index in [2.05, 4.69) is 10.3 Å². The van der Waals surface area contributed by atoms with Crippen LogP contribution in [0.15, 0.2) is 42.5 Å². The van der Waals surface area contributed by atoms with Crippen molar-refractivity contribution in [3.8, 4) is 0 Å². The number of nitrogens with one attached hydrogen (secondary N) is 1. The van der Waals surface area contributed by atoms with Crippen LogP contribution in [0, 0.1) is 0 Å². The fourth-order valence-electron chi connectivity index (χ4n) is 1.98. The van der Waals surface area contributed by atoms with E-state index in [1.54, 1.807) is 42.5 Å². The number of nitrogens with two attached hydrogens (primary N) is 1. The van der Waals surface area contributed by atoms with Gasteiger partial charge in [-0.25, -0.2) is 4.98 Å². The zero-order valence-corrected chi connectivity index (χ0v) is 11.9. The van der Waals surface area contributed by atoms with E-state index in [-0.39, 0.29) is 12.5 Å². The number of hydrogen-bond acceptors (Lipinski definition) is 5. The van der Waals surface area contributed by atoms with Gasteiger partial charge in [0.25, 0.3) is 5.91 Å². The number of benzene rings is 2. The van der Waals surface area contributed by atoms with Gasteiger partial charge in [0.15, 0.2) is 5.13 Å². The van der Waals surface area contributed by atoms with E-state index in [0.29, 0.717) is 16.4 Å². The second-order valence-electron chi connectivity index (χ2n) is 4.54. The third-order valence-electron chi connectivity index (χ3n) is 3.06. The predicted molar refractivity (Wildman–Crippen MR) is 84.4 cm³/mol. The summed E-state index contributed by atoms with van der Waals surface area (Å²) in [5, 5.41) is 12.3. The van der Waals surface area contributed by atoms with Crippen LogP contribution in [0.4, 0.5) is 10.8 Å². The Bertz CT molecular complexity index is 796. The molecular formula is C15H13N3O2S. The smallest absolute Gasteiger partial charge is 0.255 e. The summed E-state index contributed by atoms with van der Waals surface area (Å²) in [4.78, 5) is 16.4. The Hall–Kier alpha value is -2.44. The highest BCUT2D eigenvalue weighted by atomic mass is 32.1. The number of aliphatic hydroxyl groups excluding tert-OH is 1. The van der Waals surface area contributed by atoms with E-state index >= 15 is 0 Å². The average molecular weight is 299 g/mol. The van der Waals surface area contributed by atoms with Crippen molar-refractivity contribution in [2.24, 2.45) is 0 Å². The maximum absolute atomic E-state index is 12.2. The van der Waals surface area contributed by atoms with Gasteiger partial charge >= 0.3 is 0 Å². The Morgan fingerprint density at radius 1 is 1.24 bits per heavy atom. The molecule has 3 rings (SSSR count). The van der Waals surface area contributed by atoms with Crippen molar-refractivity contribution in [1.29, 1.82) is 0 Å². The van der Waals surface area contributed by atoms with Crippen molar-refractivity contribution >= 4 is 38.3 Å². The van der Waals surface area contributed by atoms with Gasteiger partial charge < -0.3 is 16.2 Å². The first kappa shape index (κ1) is 13.5. The summed E-state index contributed by atoms with van der Waals surface area (Å²) in [6, 6.07) is 12.3.